The van der Waals surface area contributed by atoms with Crippen molar-refractivity contribution in [1.29, 1.82) is 0 Å². The molecule has 0 saturated heterocycles. The molecular weight excluding hydrogens is 260 g/mol. The number of aliphatic carboxylic acids is 1. The Kier molecular flexibility index (Phi) is 16.2. The molecule has 0 amide bonds. The van der Waals surface area contributed by atoms with E-state index in [1.807, 2.05) is 0 Å². The third kappa shape index (κ3) is 18.9. The number of allylic oxidation sites excluding steroid dienone is 4. The first-order chi connectivity index (χ1) is 10.3. The molecule has 0 unspecified atom stereocenters. The molecule has 2 nitrogen and oxygen atoms in total. The average Bonchev–Trinajstić information content (AvgIpc) is 2.46. The van der Waals surface area contributed by atoms with Crippen LogP contribution >= 0.6 is 0 Å². The van der Waals surface area contributed by atoms with Crippen molar-refractivity contribution in [2.24, 2.45) is 0 Å². The van der Waals surface area contributed by atoms with Crippen molar-refractivity contribution in [2.45, 2.75) is 90.4 Å². The van der Waals surface area contributed by atoms with E-state index in [0.717, 1.165) is 25.7 Å². The highest BCUT2D eigenvalue weighted by atomic mass is 16.4. The molecule has 0 aliphatic heterocycles. The van der Waals surface area contributed by atoms with Gasteiger partial charge in [0.25, 0.3) is 0 Å². The largest absolute Gasteiger partial charge is 0.481 e. The summed E-state index contributed by atoms with van der Waals surface area (Å²) in [6.07, 6.45) is 23.7. The minimum Gasteiger partial charge on any atom is -0.481 e. The Morgan fingerprint density at radius 2 is 1.29 bits per heavy atom. The molecule has 0 atom stereocenters. The van der Waals surface area contributed by atoms with Crippen LogP contribution < -0.4 is 0 Å². The molecule has 0 rings (SSSR count). The number of hydrogen-bond donors (Lipinski definition) is 1. The topological polar surface area (TPSA) is 37.3 Å². The lowest BCUT2D eigenvalue weighted by Crippen LogP contribution is -1.93. The van der Waals surface area contributed by atoms with Gasteiger partial charge in [-0.3, -0.25) is 4.79 Å². The third-order valence-corrected chi connectivity index (χ3v) is 3.59. The lowest BCUT2D eigenvalue weighted by Gasteiger charge is -1.98. The van der Waals surface area contributed by atoms with Crippen molar-refractivity contribution in [1.82, 2.24) is 0 Å². The van der Waals surface area contributed by atoms with Crippen LogP contribution in [0.2, 0.25) is 0 Å². The van der Waals surface area contributed by atoms with E-state index in [2.05, 4.69) is 31.2 Å². The fourth-order valence-electron chi connectivity index (χ4n) is 2.26. The molecule has 0 radical (unpaired) electrons. The van der Waals surface area contributed by atoms with Crippen LogP contribution in [-0.2, 0) is 4.79 Å². The summed E-state index contributed by atoms with van der Waals surface area (Å²) >= 11 is 0. The van der Waals surface area contributed by atoms with E-state index >= 15 is 0 Å². The Labute approximate surface area is 131 Å². The molecule has 0 fully saturated rings. The predicted octanol–water partition coefficient (Wildman–Crippen LogP) is 6.27. The standard InChI is InChI=1S/C19H34O2/c1-2-3-4-5-6-7-8-9-10-11-12-13-14-15-16-17-18-19(20)21/h7-8,10-11H,2-6,9,12-18H2,1H3,(H,20,21)/b8-7+,11-10+. The first-order valence-corrected chi connectivity index (χ1v) is 8.79. The third-order valence-electron chi connectivity index (χ3n) is 3.59. The van der Waals surface area contributed by atoms with E-state index in [1.165, 1.54) is 51.4 Å². The molecule has 2 heteroatoms. The van der Waals surface area contributed by atoms with Crippen LogP contribution in [-0.4, -0.2) is 11.1 Å². The highest BCUT2D eigenvalue weighted by Crippen LogP contribution is 2.08. The van der Waals surface area contributed by atoms with E-state index in [-0.39, 0.29) is 0 Å². The zero-order chi connectivity index (χ0) is 15.6. The van der Waals surface area contributed by atoms with Gasteiger partial charge in [-0.25, -0.2) is 0 Å². The Morgan fingerprint density at radius 1 is 0.762 bits per heavy atom. The van der Waals surface area contributed by atoms with Gasteiger partial charge in [-0.2, -0.15) is 0 Å². The molecule has 0 bridgehead atoms. The summed E-state index contributed by atoms with van der Waals surface area (Å²) < 4.78 is 0. The maximum atomic E-state index is 10.3. The summed E-state index contributed by atoms with van der Waals surface area (Å²) in [5, 5.41) is 8.51. The predicted molar refractivity (Wildman–Crippen MR) is 91.6 cm³/mol. The van der Waals surface area contributed by atoms with Crippen molar-refractivity contribution in [3.8, 4) is 0 Å². The van der Waals surface area contributed by atoms with Crippen molar-refractivity contribution >= 4 is 5.97 Å². The highest BCUT2D eigenvalue weighted by molar-refractivity contribution is 5.66. The zero-order valence-electron chi connectivity index (χ0n) is 13.9. The van der Waals surface area contributed by atoms with Gasteiger partial charge < -0.3 is 5.11 Å². The van der Waals surface area contributed by atoms with Gasteiger partial charge in [-0.05, 0) is 38.5 Å². The molecule has 0 saturated carbocycles. The second-order valence-electron chi connectivity index (χ2n) is 5.73. The average molecular weight is 294 g/mol. The Bertz CT molecular complexity index is 279. The molecule has 0 spiro atoms. The number of carboxylic acids is 1. The van der Waals surface area contributed by atoms with E-state index in [9.17, 15) is 4.79 Å². The first-order valence-electron chi connectivity index (χ1n) is 8.79. The molecule has 21 heavy (non-hydrogen) atoms. The summed E-state index contributed by atoms with van der Waals surface area (Å²) in [5.41, 5.74) is 0. The second-order valence-corrected chi connectivity index (χ2v) is 5.73. The van der Waals surface area contributed by atoms with E-state index in [0.29, 0.717) is 6.42 Å². The van der Waals surface area contributed by atoms with Crippen LogP contribution in [0.15, 0.2) is 24.3 Å². The van der Waals surface area contributed by atoms with Crippen LogP contribution in [0.5, 0.6) is 0 Å². The SMILES string of the molecule is CCCCCC/C=C/C/C=C/CCCCCCCC(=O)O. The Balaban J connectivity index is 3.18. The molecular formula is C19H34O2. The van der Waals surface area contributed by atoms with Crippen molar-refractivity contribution in [3.05, 3.63) is 24.3 Å². The number of carboxylic acid groups (broad SMARTS) is 1. The van der Waals surface area contributed by atoms with Gasteiger partial charge in [0.15, 0.2) is 0 Å². The maximum Gasteiger partial charge on any atom is 0.303 e. The van der Waals surface area contributed by atoms with Gasteiger partial charge in [0.2, 0.25) is 0 Å². The van der Waals surface area contributed by atoms with Crippen LogP contribution in [0.3, 0.4) is 0 Å². The van der Waals surface area contributed by atoms with Crippen LogP contribution in [0.4, 0.5) is 0 Å². The Hall–Kier alpha value is -1.05. The first kappa shape index (κ1) is 19.9. The van der Waals surface area contributed by atoms with Gasteiger partial charge in [0.1, 0.15) is 0 Å². The maximum absolute atomic E-state index is 10.3. The molecule has 0 aromatic heterocycles. The van der Waals surface area contributed by atoms with Crippen LogP contribution in [0, 0.1) is 0 Å². The molecule has 0 aromatic rings. The van der Waals surface area contributed by atoms with Crippen molar-refractivity contribution in [2.75, 3.05) is 0 Å². The highest BCUT2D eigenvalue weighted by Gasteiger charge is 1.95. The van der Waals surface area contributed by atoms with Gasteiger partial charge in [0, 0.05) is 6.42 Å². The summed E-state index contributed by atoms with van der Waals surface area (Å²) in [7, 11) is 0. The molecule has 0 aliphatic carbocycles. The van der Waals surface area contributed by atoms with Crippen LogP contribution in [0.1, 0.15) is 90.4 Å². The van der Waals surface area contributed by atoms with E-state index in [1.54, 1.807) is 0 Å². The number of carbonyl (C=O) groups is 1. The van der Waals surface area contributed by atoms with Crippen molar-refractivity contribution < 1.29 is 9.90 Å². The van der Waals surface area contributed by atoms with Gasteiger partial charge in [-0.15, -0.1) is 0 Å². The molecule has 0 aromatic carbocycles. The monoisotopic (exact) mass is 294 g/mol. The van der Waals surface area contributed by atoms with E-state index < -0.39 is 5.97 Å². The molecule has 1 N–H and O–H groups in total. The van der Waals surface area contributed by atoms with Gasteiger partial charge in [0.05, 0.1) is 0 Å². The smallest absolute Gasteiger partial charge is 0.303 e. The fraction of sp³-hybridized carbons (Fsp3) is 0.737. The lowest BCUT2D eigenvalue weighted by atomic mass is 10.1. The number of unbranched alkanes of at least 4 members (excludes halogenated alkanes) is 9. The number of hydrogen-bond acceptors (Lipinski definition) is 1. The quantitative estimate of drug-likeness (QED) is 0.285. The normalized spacial score (nSPS) is 11.7. The minimum atomic E-state index is -0.670. The fourth-order valence-corrected chi connectivity index (χ4v) is 2.26. The lowest BCUT2D eigenvalue weighted by molar-refractivity contribution is -0.137. The Morgan fingerprint density at radius 3 is 1.86 bits per heavy atom. The summed E-state index contributed by atoms with van der Waals surface area (Å²) in [6, 6.07) is 0. The van der Waals surface area contributed by atoms with E-state index in [4.69, 9.17) is 5.11 Å². The molecule has 122 valence electrons. The summed E-state index contributed by atoms with van der Waals surface area (Å²) in [6.45, 7) is 2.25. The van der Waals surface area contributed by atoms with Gasteiger partial charge in [-0.1, -0.05) is 69.8 Å². The van der Waals surface area contributed by atoms with Crippen molar-refractivity contribution in [3.63, 3.8) is 0 Å². The molecule has 0 heterocycles. The minimum absolute atomic E-state index is 0.324. The molecule has 0 aliphatic rings. The zero-order valence-corrected chi connectivity index (χ0v) is 13.9. The van der Waals surface area contributed by atoms with Crippen LogP contribution in [0.25, 0.3) is 0 Å². The summed E-state index contributed by atoms with van der Waals surface area (Å²) in [5.74, 6) is -0.670. The summed E-state index contributed by atoms with van der Waals surface area (Å²) in [4.78, 5) is 10.3. The van der Waals surface area contributed by atoms with Gasteiger partial charge >= 0.3 is 5.97 Å². The second kappa shape index (κ2) is 17.0. The number of rotatable bonds is 15.